The van der Waals surface area contributed by atoms with Crippen LogP contribution in [-0.2, 0) is 6.42 Å². The van der Waals surface area contributed by atoms with Crippen LogP contribution in [-0.4, -0.2) is 14.8 Å². The summed E-state index contributed by atoms with van der Waals surface area (Å²) in [6, 6.07) is 6.12. The Morgan fingerprint density at radius 3 is 2.90 bits per heavy atom. The first-order valence-corrected chi connectivity index (χ1v) is 7.76. The molecule has 0 spiro atoms. The fourth-order valence-corrected chi connectivity index (χ4v) is 3.21. The minimum Gasteiger partial charge on any atom is -0.271 e. The van der Waals surface area contributed by atoms with Crippen LogP contribution >= 0.6 is 11.6 Å². The minimum atomic E-state index is -0.134. The van der Waals surface area contributed by atoms with E-state index < -0.39 is 0 Å². The summed E-state index contributed by atoms with van der Waals surface area (Å²) in [6.45, 7) is 0. The van der Waals surface area contributed by atoms with Crippen molar-refractivity contribution in [2.24, 2.45) is 5.84 Å². The molecule has 1 aliphatic rings. The lowest BCUT2D eigenvalue weighted by molar-refractivity contribution is 0.456. The molecule has 0 bridgehead atoms. The minimum absolute atomic E-state index is 0.134. The molecule has 5 nitrogen and oxygen atoms in total. The van der Waals surface area contributed by atoms with Crippen LogP contribution in [0.2, 0.25) is 5.02 Å². The number of nitrogens with one attached hydrogen (secondary N) is 1. The van der Waals surface area contributed by atoms with E-state index in [2.05, 4.69) is 32.5 Å². The van der Waals surface area contributed by atoms with Crippen LogP contribution in [0.25, 0.3) is 0 Å². The molecule has 1 aliphatic carbocycles. The zero-order valence-electron chi connectivity index (χ0n) is 11.9. The Morgan fingerprint density at radius 1 is 1.38 bits per heavy atom. The van der Waals surface area contributed by atoms with Crippen LogP contribution in [0.15, 0.2) is 30.6 Å². The van der Waals surface area contributed by atoms with Crippen LogP contribution in [0.4, 0.5) is 0 Å². The second kappa shape index (κ2) is 6.56. The van der Waals surface area contributed by atoms with Crippen molar-refractivity contribution in [3.63, 3.8) is 0 Å². The highest BCUT2D eigenvalue weighted by Crippen LogP contribution is 2.29. The SMILES string of the molecule is NNC(Cc1ccn(C2CCCC2)n1)c1ncccc1Cl. The summed E-state index contributed by atoms with van der Waals surface area (Å²) < 4.78 is 2.09. The first-order valence-electron chi connectivity index (χ1n) is 7.38. The van der Waals surface area contributed by atoms with Crippen LogP contribution in [0, 0.1) is 0 Å². The highest BCUT2D eigenvalue weighted by atomic mass is 35.5. The van der Waals surface area contributed by atoms with Crippen molar-refractivity contribution in [2.45, 2.75) is 44.2 Å². The summed E-state index contributed by atoms with van der Waals surface area (Å²) in [6.07, 6.45) is 9.53. The highest BCUT2D eigenvalue weighted by Gasteiger charge is 2.20. The Hall–Kier alpha value is -1.43. The molecule has 112 valence electrons. The van der Waals surface area contributed by atoms with Gasteiger partial charge in [-0.15, -0.1) is 0 Å². The lowest BCUT2D eigenvalue weighted by Gasteiger charge is -2.15. The van der Waals surface area contributed by atoms with Crippen LogP contribution in [0.1, 0.15) is 49.2 Å². The first kappa shape index (κ1) is 14.5. The monoisotopic (exact) mass is 305 g/mol. The molecule has 1 fully saturated rings. The smallest absolute Gasteiger partial charge is 0.0776 e. The molecular formula is C15H20ClN5. The molecule has 2 aromatic rings. The second-order valence-corrected chi connectivity index (χ2v) is 5.93. The molecule has 0 radical (unpaired) electrons. The van der Waals surface area contributed by atoms with Crippen molar-refractivity contribution in [1.82, 2.24) is 20.2 Å². The first-order chi connectivity index (χ1) is 10.3. The number of halogens is 1. The zero-order valence-corrected chi connectivity index (χ0v) is 12.6. The van der Waals surface area contributed by atoms with Gasteiger partial charge >= 0.3 is 0 Å². The molecule has 0 aromatic carbocycles. The highest BCUT2D eigenvalue weighted by molar-refractivity contribution is 6.31. The summed E-state index contributed by atoms with van der Waals surface area (Å²) in [7, 11) is 0. The van der Waals surface area contributed by atoms with Crippen LogP contribution < -0.4 is 11.3 Å². The summed E-state index contributed by atoms with van der Waals surface area (Å²) >= 11 is 6.19. The molecule has 2 aromatic heterocycles. The van der Waals surface area contributed by atoms with Gasteiger partial charge in [0, 0.05) is 18.8 Å². The molecule has 3 rings (SSSR count). The van der Waals surface area contributed by atoms with Gasteiger partial charge < -0.3 is 0 Å². The van der Waals surface area contributed by atoms with E-state index in [-0.39, 0.29) is 6.04 Å². The second-order valence-electron chi connectivity index (χ2n) is 5.52. The van der Waals surface area contributed by atoms with E-state index in [4.69, 9.17) is 17.4 Å². The van der Waals surface area contributed by atoms with E-state index >= 15 is 0 Å². The average Bonchev–Trinajstić information content (AvgIpc) is 3.16. The number of rotatable bonds is 5. The standard InChI is InChI=1S/C15H20ClN5/c16-13-6-3-8-18-15(13)14(19-17)10-11-7-9-21(20-11)12-4-1-2-5-12/h3,6-9,12,14,19H,1-2,4-5,10,17H2. The van der Waals surface area contributed by atoms with Crippen molar-refractivity contribution >= 4 is 11.6 Å². The number of nitrogens with two attached hydrogens (primary N) is 1. The average molecular weight is 306 g/mol. The molecule has 1 unspecified atom stereocenters. The Kier molecular flexibility index (Phi) is 4.53. The van der Waals surface area contributed by atoms with Gasteiger partial charge in [-0.3, -0.25) is 20.9 Å². The van der Waals surface area contributed by atoms with E-state index in [1.807, 2.05) is 12.1 Å². The summed E-state index contributed by atoms with van der Waals surface area (Å²) in [5, 5.41) is 5.31. The molecule has 0 saturated heterocycles. The molecule has 6 heteroatoms. The maximum atomic E-state index is 6.19. The Labute approximate surface area is 129 Å². The van der Waals surface area contributed by atoms with E-state index in [1.165, 1.54) is 25.7 Å². The summed E-state index contributed by atoms with van der Waals surface area (Å²) in [5.74, 6) is 5.67. The fourth-order valence-electron chi connectivity index (χ4n) is 2.96. The van der Waals surface area contributed by atoms with Gasteiger partial charge in [-0.25, -0.2) is 0 Å². The third-order valence-corrected chi connectivity index (χ3v) is 4.41. The number of hydrogen-bond donors (Lipinski definition) is 2. The maximum Gasteiger partial charge on any atom is 0.0776 e. The van der Waals surface area contributed by atoms with Gasteiger partial charge in [-0.2, -0.15) is 5.10 Å². The predicted octanol–water partition coefficient (Wildman–Crippen LogP) is 2.79. The zero-order chi connectivity index (χ0) is 14.7. The molecule has 0 aliphatic heterocycles. The van der Waals surface area contributed by atoms with E-state index in [0.717, 1.165) is 11.4 Å². The van der Waals surface area contributed by atoms with Gasteiger partial charge in [-0.05, 0) is 31.0 Å². The van der Waals surface area contributed by atoms with Crippen molar-refractivity contribution in [3.8, 4) is 0 Å². The third-order valence-electron chi connectivity index (χ3n) is 4.09. The topological polar surface area (TPSA) is 68.8 Å². The van der Waals surface area contributed by atoms with Gasteiger partial charge in [0.1, 0.15) is 0 Å². The van der Waals surface area contributed by atoms with Gasteiger partial charge in [0.05, 0.1) is 28.5 Å². The quantitative estimate of drug-likeness (QED) is 0.658. The Balaban J connectivity index is 1.74. The van der Waals surface area contributed by atoms with Gasteiger partial charge in [0.2, 0.25) is 0 Å². The van der Waals surface area contributed by atoms with E-state index in [1.54, 1.807) is 6.20 Å². The van der Waals surface area contributed by atoms with Crippen molar-refractivity contribution in [1.29, 1.82) is 0 Å². The Bertz CT molecular complexity index is 591. The van der Waals surface area contributed by atoms with Gasteiger partial charge in [0.25, 0.3) is 0 Å². The van der Waals surface area contributed by atoms with Gasteiger partial charge in [0.15, 0.2) is 0 Å². The lowest BCUT2D eigenvalue weighted by Crippen LogP contribution is -2.30. The Morgan fingerprint density at radius 2 is 2.19 bits per heavy atom. The number of hydrogen-bond acceptors (Lipinski definition) is 4. The normalized spacial score (nSPS) is 17.2. The number of nitrogens with zero attached hydrogens (tertiary/aromatic N) is 3. The van der Waals surface area contributed by atoms with Crippen molar-refractivity contribution in [2.75, 3.05) is 0 Å². The predicted molar refractivity (Wildman–Crippen MR) is 82.7 cm³/mol. The fraction of sp³-hybridized carbons (Fsp3) is 0.467. The molecule has 1 saturated carbocycles. The lowest BCUT2D eigenvalue weighted by atomic mass is 10.1. The van der Waals surface area contributed by atoms with E-state index in [0.29, 0.717) is 17.5 Å². The molecule has 1 atom stereocenters. The maximum absolute atomic E-state index is 6.19. The number of aromatic nitrogens is 3. The largest absolute Gasteiger partial charge is 0.271 e. The van der Waals surface area contributed by atoms with Crippen molar-refractivity contribution < 1.29 is 0 Å². The third kappa shape index (κ3) is 3.26. The molecule has 2 heterocycles. The van der Waals surface area contributed by atoms with Gasteiger partial charge in [-0.1, -0.05) is 24.4 Å². The summed E-state index contributed by atoms with van der Waals surface area (Å²) in [4.78, 5) is 4.32. The molecule has 3 N–H and O–H groups in total. The molecular weight excluding hydrogens is 286 g/mol. The number of pyridine rings is 1. The van der Waals surface area contributed by atoms with Crippen LogP contribution in [0.3, 0.4) is 0 Å². The summed E-state index contributed by atoms with van der Waals surface area (Å²) in [5.41, 5.74) is 4.56. The molecule has 0 amide bonds. The molecule has 21 heavy (non-hydrogen) atoms. The number of hydrazine groups is 1. The van der Waals surface area contributed by atoms with Crippen LogP contribution in [0.5, 0.6) is 0 Å². The van der Waals surface area contributed by atoms with E-state index in [9.17, 15) is 0 Å². The van der Waals surface area contributed by atoms with Crippen molar-refractivity contribution in [3.05, 3.63) is 47.0 Å².